The maximum atomic E-state index is 12.0. The molecular formula is C14H19N3O. The number of hydrogen-bond donors (Lipinski definition) is 1. The van der Waals surface area contributed by atoms with Gasteiger partial charge in [0.15, 0.2) is 0 Å². The summed E-state index contributed by atoms with van der Waals surface area (Å²) in [4.78, 5) is 15.6. The topological polar surface area (TPSA) is 35.6 Å². The molecule has 0 aliphatic carbocycles. The lowest BCUT2D eigenvalue weighted by atomic mass is 9.87. The molecule has 96 valence electrons. The molecule has 0 bridgehead atoms. The van der Waals surface area contributed by atoms with Gasteiger partial charge < -0.3 is 15.1 Å². The molecule has 0 unspecified atom stereocenters. The first kappa shape index (κ1) is 11.5. The van der Waals surface area contributed by atoms with Crippen molar-refractivity contribution in [2.75, 3.05) is 27.2 Å². The molecule has 0 spiro atoms. The normalized spacial score (nSPS) is 25.6. The molecule has 1 saturated heterocycles. The smallest absolute Gasteiger partial charge is 0.319 e. The quantitative estimate of drug-likeness (QED) is 0.746. The maximum Gasteiger partial charge on any atom is 0.319 e. The molecule has 1 fully saturated rings. The molecular weight excluding hydrogens is 226 g/mol. The molecule has 4 heteroatoms. The average molecular weight is 245 g/mol. The van der Waals surface area contributed by atoms with Crippen molar-refractivity contribution in [1.29, 1.82) is 0 Å². The number of carbonyl (C=O) groups excluding carboxylic acids is 1. The molecule has 3 rings (SSSR count). The Morgan fingerprint density at radius 3 is 2.89 bits per heavy atom. The summed E-state index contributed by atoms with van der Waals surface area (Å²) in [5.41, 5.74) is 2.79. The lowest BCUT2D eigenvalue weighted by Crippen LogP contribution is -2.41. The van der Waals surface area contributed by atoms with E-state index in [-0.39, 0.29) is 6.03 Å². The summed E-state index contributed by atoms with van der Waals surface area (Å²) in [5.74, 6) is 0.443. The molecule has 0 aromatic heterocycles. The van der Waals surface area contributed by atoms with Crippen LogP contribution in [0.3, 0.4) is 0 Å². The van der Waals surface area contributed by atoms with Gasteiger partial charge in [-0.1, -0.05) is 24.3 Å². The molecule has 2 aliphatic heterocycles. The Kier molecular flexibility index (Phi) is 2.74. The zero-order chi connectivity index (χ0) is 12.7. The second-order valence-corrected chi connectivity index (χ2v) is 5.37. The van der Waals surface area contributed by atoms with Crippen LogP contribution in [0.5, 0.6) is 0 Å². The second-order valence-electron chi connectivity index (χ2n) is 5.37. The number of nitrogens with one attached hydrogen (secondary N) is 1. The van der Waals surface area contributed by atoms with E-state index in [1.165, 1.54) is 11.1 Å². The molecule has 1 aromatic rings. The Balaban J connectivity index is 1.84. The van der Waals surface area contributed by atoms with Gasteiger partial charge in [-0.25, -0.2) is 4.79 Å². The molecule has 18 heavy (non-hydrogen) atoms. The lowest BCUT2D eigenvalue weighted by molar-refractivity contribution is 0.180. The summed E-state index contributed by atoms with van der Waals surface area (Å²) in [6, 6.07) is 9.08. The van der Waals surface area contributed by atoms with Gasteiger partial charge in [-0.05, 0) is 11.1 Å². The predicted molar refractivity (Wildman–Crippen MR) is 70.5 cm³/mol. The van der Waals surface area contributed by atoms with E-state index in [2.05, 4.69) is 29.6 Å². The number of urea groups is 1. The minimum absolute atomic E-state index is 0.115. The second kappa shape index (κ2) is 4.28. The summed E-state index contributed by atoms with van der Waals surface area (Å²) in [5, 5.41) is 3.55. The van der Waals surface area contributed by atoms with Gasteiger partial charge in [-0.15, -0.1) is 0 Å². The van der Waals surface area contributed by atoms with Gasteiger partial charge in [0.05, 0.1) is 0 Å². The van der Waals surface area contributed by atoms with Crippen molar-refractivity contribution in [1.82, 2.24) is 15.1 Å². The summed E-state index contributed by atoms with van der Waals surface area (Å²) >= 11 is 0. The Bertz CT molecular complexity index is 472. The van der Waals surface area contributed by atoms with Crippen molar-refractivity contribution >= 4 is 6.03 Å². The fraction of sp³-hybridized carbons (Fsp3) is 0.500. The Hall–Kier alpha value is -1.55. The maximum absolute atomic E-state index is 12.0. The highest BCUT2D eigenvalue weighted by Gasteiger charge is 2.39. The predicted octanol–water partition coefficient (Wildman–Crippen LogP) is 1.24. The third kappa shape index (κ3) is 1.77. The molecule has 0 saturated carbocycles. The highest BCUT2D eigenvalue weighted by Crippen LogP contribution is 2.33. The minimum atomic E-state index is 0.115. The zero-order valence-electron chi connectivity index (χ0n) is 10.9. The van der Waals surface area contributed by atoms with Crippen molar-refractivity contribution in [3.05, 3.63) is 35.4 Å². The third-order valence-electron chi connectivity index (χ3n) is 3.98. The van der Waals surface area contributed by atoms with Crippen molar-refractivity contribution in [3.8, 4) is 0 Å². The highest BCUT2D eigenvalue weighted by atomic mass is 16.2. The zero-order valence-corrected chi connectivity index (χ0v) is 10.9. The Labute approximate surface area is 108 Å². The number of fused-ring (bicyclic) bond motifs is 3. The highest BCUT2D eigenvalue weighted by molar-refractivity contribution is 5.74. The summed E-state index contributed by atoms with van der Waals surface area (Å²) in [7, 11) is 3.62. The van der Waals surface area contributed by atoms with E-state index in [1.54, 1.807) is 4.90 Å². The lowest BCUT2D eigenvalue weighted by Gasteiger charge is -2.28. The number of carbonyl (C=O) groups is 1. The van der Waals surface area contributed by atoms with Crippen LogP contribution in [-0.2, 0) is 6.54 Å². The van der Waals surface area contributed by atoms with Gasteiger partial charge in [-0.2, -0.15) is 0 Å². The van der Waals surface area contributed by atoms with Crippen LogP contribution in [0.2, 0.25) is 0 Å². The van der Waals surface area contributed by atoms with Crippen LogP contribution in [0.15, 0.2) is 24.3 Å². The molecule has 4 nitrogen and oxygen atoms in total. The molecule has 1 aromatic carbocycles. The summed E-state index contributed by atoms with van der Waals surface area (Å²) < 4.78 is 0. The molecule has 0 radical (unpaired) electrons. The van der Waals surface area contributed by atoms with Crippen molar-refractivity contribution in [3.63, 3.8) is 0 Å². The number of benzene rings is 1. The summed E-state index contributed by atoms with van der Waals surface area (Å²) in [6.07, 6.45) is 0. The van der Waals surface area contributed by atoms with E-state index in [4.69, 9.17) is 0 Å². The van der Waals surface area contributed by atoms with Crippen LogP contribution in [-0.4, -0.2) is 49.1 Å². The van der Waals surface area contributed by atoms with Gasteiger partial charge >= 0.3 is 6.03 Å². The van der Waals surface area contributed by atoms with Crippen molar-refractivity contribution in [2.24, 2.45) is 0 Å². The monoisotopic (exact) mass is 245 g/mol. The standard InChI is InChI=1S/C14H19N3O/c1-16(2)14(18)17-8-12-11-6-4-3-5-10(11)7-15-13(12)9-17/h3-6,12-13,15H,7-9H2,1-2H3/t12-,13+/m0/s1. The number of rotatable bonds is 0. The Morgan fingerprint density at radius 2 is 2.11 bits per heavy atom. The molecule has 1 N–H and O–H groups in total. The fourth-order valence-corrected chi connectivity index (χ4v) is 3.06. The fourth-order valence-electron chi connectivity index (χ4n) is 3.06. The van der Waals surface area contributed by atoms with E-state index in [9.17, 15) is 4.79 Å². The molecule has 2 amide bonds. The first-order chi connectivity index (χ1) is 8.66. The van der Waals surface area contributed by atoms with Crippen LogP contribution in [0, 0.1) is 0 Å². The van der Waals surface area contributed by atoms with Crippen LogP contribution >= 0.6 is 0 Å². The SMILES string of the molecule is CN(C)C(=O)N1C[C@H]2NCc3ccccc3[C@@H]2C1. The minimum Gasteiger partial charge on any atom is -0.331 e. The van der Waals surface area contributed by atoms with E-state index >= 15 is 0 Å². The average Bonchev–Trinajstić information content (AvgIpc) is 2.81. The number of amides is 2. The van der Waals surface area contributed by atoms with E-state index in [0.29, 0.717) is 12.0 Å². The van der Waals surface area contributed by atoms with Gasteiger partial charge in [0.1, 0.15) is 0 Å². The van der Waals surface area contributed by atoms with E-state index < -0.39 is 0 Å². The van der Waals surface area contributed by atoms with E-state index in [1.807, 2.05) is 19.0 Å². The van der Waals surface area contributed by atoms with Gasteiger partial charge in [-0.3, -0.25) is 0 Å². The van der Waals surface area contributed by atoms with Crippen LogP contribution in [0.25, 0.3) is 0 Å². The number of likely N-dealkylation sites (tertiary alicyclic amines) is 1. The van der Waals surface area contributed by atoms with E-state index in [0.717, 1.165) is 19.6 Å². The molecule has 2 aliphatic rings. The number of nitrogens with zero attached hydrogens (tertiary/aromatic N) is 2. The van der Waals surface area contributed by atoms with Gasteiger partial charge in [0.25, 0.3) is 0 Å². The van der Waals surface area contributed by atoms with Crippen LogP contribution in [0.1, 0.15) is 17.0 Å². The van der Waals surface area contributed by atoms with Crippen LogP contribution < -0.4 is 5.32 Å². The first-order valence-electron chi connectivity index (χ1n) is 6.44. The largest absolute Gasteiger partial charge is 0.331 e. The molecule has 2 heterocycles. The van der Waals surface area contributed by atoms with Crippen molar-refractivity contribution < 1.29 is 4.79 Å². The van der Waals surface area contributed by atoms with Crippen LogP contribution in [0.4, 0.5) is 4.79 Å². The van der Waals surface area contributed by atoms with Gasteiger partial charge in [0.2, 0.25) is 0 Å². The Morgan fingerprint density at radius 1 is 1.33 bits per heavy atom. The number of hydrogen-bond acceptors (Lipinski definition) is 2. The molecule has 2 atom stereocenters. The third-order valence-corrected chi connectivity index (χ3v) is 3.98. The first-order valence-corrected chi connectivity index (χ1v) is 6.44. The van der Waals surface area contributed by atoms with Crippen molar-refractivity contribution in [2.45, 2.75) is 18.5 Å². The summed E-state index contributed by atoms with van der Waals surface area (Å²) in [6.45, 7) is 2.56. The van der Waals surface area contributed by atoms with Gasteiger partial charge in [0, 0.05) is 45.7 Å².